The summed E-state index contributed by atoms with van der Waals surface area (Å²) in [5, 5.41) is 8.55. The normalized spacial score (nSPS) is 15.1. The van der Waals surface area contributed by atoms with Gasteiger partial charge in [0.15, 0.2) is 6.10 Å². The summed E-state index contributed by atoms with van der Waals surface area (Å²) in [6, 6.07) is 8.68. The number of benzene rings is 1. The minimum Gasteiger partial charge on any atom is -0.447 e. The highest BCUT2D eigenvalue weighted by Crippen LogP contribution is 2.19. The van der Waals surface area contributed by atoms with Crippen LogP contribution < -0.4 is 0 Å². The summed E-state index contributed by atoms with van der Waals surface area (Å²) in [5.41, 5.74) is 1.18. The number of amides is 2. The Morgan fingerprint density at radius 1 is 1.43 bits per heavy atom. The fourth-order valence-corrected chi connectivity index (χ4v) is 2.11. The van der Waals surface area contributed by atoms with Crippen LogP contribution in [0.5, 0.6) is 0 Å². The smallest absolute Gasteiger partial charge is 0.308 e. The second kappa shape index (κ2) is 6.18. The molecule has 21 heavy (non-hydrogen) atoms. The fraction of sp³-hybridized carbons (Fsp3) is 0.333. The van der Waals surface area contributed by atoms with E-state index in [0.717, 1.165) is 4.90 Å². The maximum absolute atomic E-state index is 12.2. The molecule has 6 heteroatoms. The highest BCUT2D eigenvalue weighted by molar-refractivity contribution is 6.09. The first-order valence-electron chi connectivity index (χ1n) is 6.54. The van der Waals surface area contributed by atoms with Crippen LogP contribution in [0.2, 0.25) is 0 Å². The molecule has 0 aromatic heterocycles. The van der Waals surface area contributed by atoms with Crippen molar-refractivity contribution >= 4 is 17.8 Å². The van der Waals surface area contributed by atoms with E-state index in [1.165, 1.54) is 6.92 Å². The molecule has 0 unspecified atom stereocenters. The Kier molecular flexibility index (Phi) is 4.33. The molecule has 1 aromatic rings. The summed E-state index contributed by atoms with van der Waals surface area (Å²) in [7, 11) is 0. The van der Waals surface area contributed by atoms with Crippen LogP contribution in [0, 0.1) is 11.3 Å². The van der Waals surface area contributed by atoms with Crippen LogP contribution in [-0.4, -0.2) is 35.3 Å². The first kappa shape index (κ1) is 14.7. The monoisotopic (exact) mass is 286 g/mol. The highest BCUT2D eigenvalue weighted by Gasteiger charge is 2.30. The van der Waals surface area contributed by atoms with Crippen molar-refractivity contribution in [3.8, 4) is 6.07 Å². The van der Waals surface area contributed by atoms with E-state index in [1.54, 1.807) is 30.3 Å². The number of nitrogens with zero attached hydrogens (tertiary/aromatic N) is 2. The largest absolute Gasteiger partial charge is 0.447 e. The molecule has 1 heterocycles. The number of carbonyl (C=O) groups excluding carboxylic acids is 3. The molecule has 1 aliphatic heterocycles. The van der Waals surface area contributed by atoms with E-state index in [0.29, 0.717) is 11.1 Å². The predicted molar refractivity (Wildman–Crippen MR) is 72.0 cm³/mol. The van der Waals surface area contributed by atoms with Crippen molar-refractivity contribution in [2.45, 2.75) is 25.9 Å². The van der Waals surface area contributed by atoms with Crippen molar-refractivity contribution in [1.29, 1.82) is 5.26 Å². The number of carbonyl (C=O) groups is 3. The van der Waals surface area contributed by atoms with Crippen molar-refractivity contribution in [3.63, 3.8) is 0 Å². The molecule has 0 bridgehead atoms. The van der Waals surface area contributed by atoms with Gasteiger partial charge in [0.1, 0.15) is 6.07 Å². The van der Waals surface area contributed by atoms with Crippen molar-refractivity contribution < 1.29 is 19.1 Å². The van der Waals surface area contributed by atoms with Crippen LogP contribution >= 0.6 is 0 Å². The lowest BCUT2D eigenvalue weighted by Crippen LogP contribution is -2.43. The fourth-order valence-electron chi connectivity index (χ4n) is 2.11. The molecular weight excluding hydrogens is 272 g/mol. The van der Waals surface area contributed by atoms with Crippen LogP contribution in [0.15, 0.2) is 24.3 Å². The van der Waals surface area contributed by atoms with Crippen molar-refractivity contribution in [3.05, 3.63) is 35.4 Å². The van der Waals surface area contributed by atoms with E-state index in [2.05, 4.69) is 0 Å². The summed E-state index contributed by atoms with van der Waals surface area (Å²) in [6.07, 6.45) is -0.817. The number of rotatable bonds is 4. The van der Waals surface area contributed by atoms with Gasteiger partial charge < -0.3 is 4.74 Å². The Labute approximate surface area is 121 Å². The number of hydrogen-bond acceptors (Lipinski definition) is 5. The van der Waals surface area contributed by atoms with Gasteiger partial charge in [-0.25, -0.2) is 0 Å². The molecular formula is C15H14N2O4. The third-order valence-corrected chi connectivity index (χ3v) is 3.17. The molecule has 1 aromatic carbocycles. The van der Waals surface area contributed by atoms with Gasteiger partial charge in [-0.1, -0.05) is 18.2 Å². The number of fused-ring (bicyclic) bond motifs is 1. The second-order valence-corrected chi connectivity index (χ2v) is 4.70. The molecule has 0 aliphatic carbocycles. The van der Waals surface area contributed by atoms with Gasteiger partial charge in [0.25, 0.3) is 5.91 Å². The molecule has 6 nitrogen and oxygen atoms in total. The van der Waals surface area contributed by atoms with E-state index < -0.39 is 18.0 Å². The summed E-state index contributed by atoms with van der Waals surface area (Å²) >= 11 is 0. The summed E-state index contributed by atoms with van der Waals surface area (Å²) < 4.78 is 4.78. The number of nitriles is 1. The SMILES string of the molecule is C[C@@H](C#N)OC(=O)CCN1C(=O)Cc2ccccc2C1=O. The van der Waals surface area contributed by atoms with Gasteiger partial charge in [-0.2, -0.15) is 5.26 Å². The zero-order valence-electron chi connectivity index (χ0n) is 11.5. The Morgan fingerprint density at radius 3 is 2.86 bits per heavy atom. The Hall–Kier alpha value is -2.68. The summed E-state index contributed by atoms with van der Waals surface area (Å²) in [5.74, 6) is -1.34. The van der Waals surface area contributed by atoms with E-state index in [-0.39, 0.29) is 25.3 Å². The molecule has 108 valence electrons. The molecule has 1 aliphatic rings. The molecule has 2 rings (SSSR count). The summed E-state index contributed by atoms with van der Waals surface area (Å²) in [6.45, 7) is 1.41. The third kappa shape index (κ3) is 3.26. The van der Waals surface area contributed by atoms with Gasteiger partial charge in [-0.05, 0) is 18.6 Å². The lowest BCUT2D eigenvalue weighted by Gasteiger charge is -2.26. The van der Waals surface area contributed by atoms with Crippen molar-refractivity contribution in [2.24, 2.45) is 0 Å². The molecule has 0 spiro atoms. The quantitative estimate of drug-likeness (QED) is 0.610. The zero-order valence-corrected chi connectivity index (χ0v) is 11.5. The van der Waals surface area contributed by atoms with Gasteiger partial charge in [0, 0.05) is 12.1 Å². The number of hydrogen-bond donors (Lipinski definition) is 0. The topological polar surface area (TPSA) is 87.5 Å². The van der Waals surface area contributed by atoms with E-state index in [1.807, 2.05) is 0 Å². The third-order valence-electron chi connectivity index (χ3n) is 3.17. The van der Waals surface area contributed by atoms with Gasteiger partial charge >= 0.3 is 5.97 Å². The van der Waals surface area contributed by atoms with Crippen molar-refractivity contribution in [2.75, 3.05) is 6.54 Å². The number of esters is 1. The standard InChI is InChI=1S/C15H14N2O4/c1-10(9-16)21-14(19)6-7-17-13(18)8-11-4-2-3-5-12(11)15(17)20/h2-5,10H,6-8H2,1H3/t10-/m0/s1. The molecule has 0 saturated heterocycles. The lowest BCUT2D eigenvalue weighted by molar-refractivity contribution is -0.146. The molecule has 0 radical (unpaired) electrons. The van der Waals surface area contributed by atoms with E-state index in [9.17, 15) is 14.4 Å². The van der Waals surface area contributed by atoms with Crippen LogP contribution in [0.25, 0.3) is 0 Å². The van der Waals surface area contributed by atoms with Crippen LogP contribution in [0.3, 0.4) is 0 Å². The maximum Gasteiger partial charge on any atom is 0.308 e. The lowest BCUT2D eigenvalue weighted by atomic mass is 9.98. The van der Waals surface area contributed by atoms with E-state index in [4.69, 9.17) is 10.00 Å². The minimum atomic E-state index is -0.842. The van der Waals surface area contributed by atoms with Gasteiger partial charge in [0.05, 0.1) is 12.8 Å². The first-order chi connectivity index (χ1) is 10.0. The van der Waals surface area contributed by atoms with Crippen LogP contribution in [0.4, 0.5) is 0 Å². The van der Waals surface area contributed by atoms with Gasteiger partial charge in [-0.15, -0.1) is 0 Å². The average Bonchev–Trinajstić information content (AvgIpc) is 2.46. The molecule has 0 fully saturated rings. The zero-order chi connectivity index (χ0) is 15.4. The highest BCUT2D eigenvalue weighted by atomic mass is 16.5. The summed E-state index contributed by atoms with van der Waals surface area (Å²) in [4.78, 5) is 36.7. The Bertz CT molecular complexity index is 633. The minimum absolute atomic E-state index is 0.0387. The maximum atomic E-state index is 12.2. The second-order valence-electron chi connectivity index (χ2n) is 4.70. The van der Waals surface area contributed by atoms with Crippen LogP contribution in [-0.2, 0) is 20.7 Å². The average molecular weight is 286 g/mol. The molecule has 1 atom stereocenters. The molecule has 0 N–H and O–H groups in total. The number of imide groups is 1. The number of ether oxygens (including phenoxy) is 1. The molecule has 2 amide bonds. The van der Waals surface area contributed by atoms with E-state index >= 15 is 0 Å². The Balaban J connectivity index is 2.02. The predicted octanol–water partition coefficient (Wildman–Crippen LogP) is 1.06. The van der Waals surface area contributed by atoms with Gasteiger partial charge in [-0.3, -0.25) is 19.3 Å². The van der Waals surface area contributed by atoms with Crippen LogP contribution in [0.1, 0.15) is 29.3 Å². The van der Waals surface area contributed by atoms with Crippen molar-refractivity contribution in [1.82, 2.24) is 4.90 Å². The molecule has 0 saturated carbocycles. The Morgan fingerprint density at radius 2 is 2.14 bits per heavy atom. The first-order valence-corrected chi connectivity index (χ1v) is 6.54. The van der Waals surface area contributed by atoms with Gasteiger partial charge in [0.2, 0.25) is 5.91 Å².